The van der Waals surface area contributed by atoms with Crippen molar-refractivity contribution in [3.63, 3.8) is 0 Å². The number of hydrogen-bond acceptors (Lipinski definition) is 1. The minimum absolute atomic E-state index is 0.0510. The molecule has 1 saturated carbocycles. The Hall–Kier alpha value is -0.600. The largest absolute Gasteiger partial charge is 0.325 e. The molecule has 2 rings (SSSR count). The van der Waals surface area contributed by atoms with Crippen molar-refractivity contribution in [1.29, 1.82) is 0 Å². The summed E-state index contributed by atoms with van der Waals surface area (Å²) in [7, 11) is 0. The summed E-state index contributed by atoms with van der Waals surface area (Å²) in [6, 6.07) is 5.44. The Kier molecular flexibility index (Phi) is 3.22. The molecule has 1 atom stereocenters. The average Bonchev–Trinajstić information content (AvgIpc) is 2.95. The van der Waals surface area contributed by atoms with Gasteiger partial charge in [-0.15, -0.1) is 0 Å². The van der Waals surface area contributed by atoms with Crippen molar-refractivity contribution in [2.75, 3.05) is 0 Å². The van der Waals surface area contributed by atoms with Crippen LogP contribution in [-0.2, 0) is 6.42 Å². The topological polar surface area (TPSA) is 26.0 Å². The van der Waals surface area contributed by atoms with Gasteiger partial charge in [0.25, 0.3) is 0 Å². The highest BCUT2D eigenvalue weighted by Gasteiger charge is 2.37. The fourth-order valence-electron chi connectivity index (χ4n) is 1.81. The molecule has 2 N–H and O–H groups in total. The van der Waals surface area contributed by atoms with Crippen LogP contribution in [0.2, 0.25) is 5.02 Å². The van der Waals surface area contributed by atoms with Gasteiger partial charge < -0.3 is 5.73 Å². The van der Waals surface area contributed by atoms with Gasteiger partial charge in [0.1, 0.15) is 6.17 Å². The number of hydrogen-bond donors (Lipinski definition) is 1. The zero-order valence-corrected chi connectivity index (χ0v) is 10.2. The van der Waals surface area contributed by atoms with Crippen LogP contribution in [-0.4, -0.2) is 5.54 Å². The van der Waals surface area contributed by atoms with Crippen molar-refractivity contribution in [2.45, 2.75) is 44.3 Å². The second-order valence-electron chi connectivity index (χ2n) is 4.83. The Morgan fingerprint density at radius 3 is 2.69 bits per heavy atom. The zero-order valence-electron chi connectivity index (χ0n) is 9.47. The molecular formula is C13H17ClFN. The summed E-state index contributed by atoms with van der Waals surface area (Å²) in [5.41, 5.74) is 7.78. The standard InChI is InChI=1S/C13H17ClFN/c1-9(15)11-3-2-10(12(14)8-11)4-5-13(16)6-7-13/h2-3,8-9H,4-7,16H2,1H3. The number of nitrogens with two attached hydrogens (primary N) is 1. The molecule has 1 fully saturated rings. The number of aryl methyl sites for hydroxylation is 1. The van der Waals surface area contributed by atoms with E-state index in [0.717, 1.165) is 31.2 Å². The lowest BCUT2D eigenvalue weighted by molar-refractivity contribution is 0.374. The summed E-state index contributed by atoms with van der Waals surface area (Å²) < 4.78 is 13.1. The molecule has 3 heteroatoms. The van der Waals surface area contributed by atoms with Gasteiger partial charge in [-0.2, -0.15) is 0 Å². The van der Waals surface area contributed by atoms with Crippen molar-refractivity contribution < 1.29 is 4.39 Å². The Morgan fingerprint density at radius 2 is 2.19 bits per heavy atom. The summed E-state index contributed by atoms with van der Waals surface area (Å²) in [5, 5.41) is 0.659. The lowest BCUT2D eigenvalue weighted by atomic mass is 10.0. The molecule has 0 spiro atoms. The number of alkyl halides is 1. The first-order valence-corrected chi connectivity index (χ1v) is 6.09. The maximum absolute atomic E-state index is 13.1. The summed E-state index contributed by atoms with van der Waals surface area (Å²) in [4.78, 5) is 0. The van der Waals surface area contributed by atoms with E-state index in [-0.39, 0.29) is 5.54 Å². The van der Waals surface area contributed by atoms with Gasteiger partial charge in [0.2, 0.25) is 0 Å². The highest BCUT2D eigenvalue weighted by molar-refractivity contribution is 6.31. The zero-order chi connectivity index (χ0) is 11.8. The third-order valence-corrected chi connectivity index (χ3v) is 3.67. The summed E-state index contributed by atoms with van der Waals surface area (Å²) in [5.74, 6) is 0. The van der Waals surface area contributed by atoms with Crippen LogP contribution < -0.4 is 5.73 Å². The normalized spacial score (nSPS) is 19.5. The Bertz CT molecular complexity index is 386. The first-order chi connectivity index (χ1) is 7.50. The molecule has 1 aliphatic rings. The second kappa shape index (κ2) is 4.34. The summed E-state index contributed by atoms with van der Waals surface area (Å²) >= 11 is 6.12. The predicted molar refractivity (Wildman–Crippen MR) is 65.4 cm³/mol. The maximum Gasteiger partial charge on any atom is 0.122 e. The second-order valence-corrected chi connectivity index (χ2v) is 5.24. The molecule has 0 saturated heterocycles. The van der Waals surface area contributed by atoms with E-state index in [9.17, 15) is 4.39 Å². The van der Waals surface area contributed by atoms with Gasteiger partial charge in [0.05, 0.1) is 0 Å². The lowest BCUT2D eigenvalue weighted by Gasteiger charge is -2.11. The molecule has 0 aliphatic heterocycles. The molecule has 88 valence electrons. The SMILES string of the molecule is CC(F)c1ccc(CCC2(N)CC2)c(Cl)c1. The Balaban J connectivity index is 2.04. The van der Waals surface area contributed by atoms with Crippen LogP contribution in [0.1, 0.15) is 43.5 Å². The Morgan fingerprint density at radius 1 is 1.50 bits per heavy atom. The first-order valence-electron chi connectivity index (χ1n) is 5.71. The minimum atomic E-state index is -0.962. The van der Waals surface area contributed by atoms with Gasteiger partial charge in [-0.05, 0) is 49.8 Å². The van der Waals surface area contributed by atoms with Gasteiger partial charge in [-0.25, -0.2) is 4.39 Å². The van der Waals surface area contributed by atoms with Crippen molar-refractivity contribution in [1.82, 2.24) is 0 Å². The van der Waals surface area contributed by atoms with E-state index >= 15 is 0 Å². The molecule has 1 aromatic rings. The van der Waals surface area contributed by atoms with Crippen molar-refractivity contribution in [2.24, 2.45) is 5.73 Å². The molecule has 0 bridgehead atoms. The van der Waals surface area contributed by atoms with Gasteiger partial charge in [-0.3, -0.25) is 0 Å². The van der Waals surface area contributed by atoms with Gasteiger partial charge in [0, 0.05) is 10.6 Å². The molecular weight excluding hydrogens is 225 g/mol. The van der Waals surface area contributed by atoms with Crippen LogP contribution in [0.25, 0.3) is 0 Å². The van der Waals surface area contributed by atoms with Crippen LogP contribution in [0.15, 0.2) is 18.2 Å². The van der Waals surface area contributed by atoms with E-state index in [1.807, 2.05) is 12.1 Å². The fourth-order valence-corrected chi connectivity index (χ4v) is 2.09. The van der Waals surface area contributed by atoms with Crippen LogP contribution >= 0.6 is 11.6 Å². The van der Waals surface area contributed by atoms with Gasteiger partial charge >= 0.3 is 0 Å². The van der Waals surface area contributed by atoms with E-state index in [1.54, 1.807) is 6.07 Å². The molecule has 16 heavy (non-hydrogen) atoms. The quantitative estimate of drug-likeness (QED) is 0.853. The van der Waals surface area contributed by atoms with Crippen molar-refractivity contribution >= 4 is 11.6 Å². The van der Waals surface area contributed by atoms with E-state index in [4.69, 9.17) is 17.3 Å². The smallest absolute Gasteiger partial charge is 0.122 e. The molecule has 1 aromatic carbocycles. The molecule has 0 radical (unpaired) electrons. The third kappa shape index (κ3) is 2.74. The highest BCUT2D eigenvalue weighted by Crippen LogP contribution is 2.37. The monoisotopic (exact) mass is 241 g/mol. The van der Waals surface area contributed by atoms with Gasteiger partial charge in [-0.1, -0.05) is 23.7 Å². The predicted octanol–water partition coefficient (Wildman–Crippen LogP) is 3.79. The molecule has 0 aromatic heterocycles. The lowest BCUT2D eigenvalue weighted by Crippen LogP contribution is -2.22. The molecule has 0 amide bonds. The number of rotatable bonds is 4. The summed E-state index contributed by atoms with van der Waals surface area (Å²) in [6.45, 7) is 1.52. The molecule has 0 heterocycles. The van der Waals surface area contributed by atoms with E-state index in [1.165, 1.54) is 6.92 Å². The highest BCUT2D eigenvalue weighted by atomic mass is 35.5. The van der Waals surface area contributed by atoms with Crippen LogP contribution in [0, 0.1) is 0 Å². The average molecular weight is 242 g/mol. The van der Waals surface area contributed by atoms with E-state index in [2.05, 4.69) is 0 Å². The van der Waals surface area contributed by atoms with Crippen molar-refractivity contribution in [3.8, 4) is 0 Å². The Labute approximate surface area is 101 Å². The summed E-state index contributed by atoms with van der Waals surface area (Å²) in [6.07, 6.45) is 3.12. The van der Waals surface area contributed by atoms with Crippen LogP contribution in [0.4, 0.5) is 4.39 Å². The van der Waals surface area contributed by atoms with E-state index in [0.29, 0.717) is 10.6 Å². The van der Waals surface area contributed by atoms with Gasteiger partial charge in [0.15, 0.2) is 0 Å². The molecule has 1 nitrogen and oxygen atoms in total. The van der Waals surface area contributed by atoms with Crippen LogP contribution in [0.5, 0.6) is 0 Å². The number of halogens is 2. The molecule has 1 aliphatic carbocycles. The van der Waals surface area contributed by atoms with E-state index < -0.39 is 6.17 Å². The third-order valence-electron chi connectivity index (χ3n) is 3.32. The number of benzene rings is 1. The minimum Gasteiger partial charge on any atom is -0.325 e. The fraction of sp³-hybridized carbons (Fsp3) is 0.538. The van der Waals surface area contributed by atoms with Crippen LogP contribution in [0.3, 0.4) is 0 Å². The molecule has 1 unspecified atom stereocenters. The van der Waals surface area contributed by atoms with Crippen molar-refractivity contribution in [3.05, 3.63) is 34.3 Å². The maximum atomic E-state index is 13.1. The first kappa shape index (κ1) is 11.9.